The number of nitriles is 1. The molecule has 0 N–H and O–H groups in total. The van der Waals surface area contributed by atoms with Crippen LogP contribution < -0.4 is 5.69 Å². The van der Waals surface area contributed by atoms with E-state index in [4.69, 9.17) is 0 Å². The van der Waals surface area contributed by atoms with E-state index >= 15 is 0 Å². The van der Waals surface area contributed by atoms with Crippen molar-refractivity contribution in [3.63, 3.8) is 0 Å². The Morgan fingerprint density at radius 1 is 1.19 bits per heavy atom. The first-order valence-electron chi connectivity index (χ1n) is 9.35. The van der Waals surface area contributed by atoms with Gasteiger partial charge in [-0.1, -0.05) is 0 Å². The Hall–Kier alpha value is -3.48. The number of halogens is 1. The molecular weight excluding hydrogens is 414 g/mol. The molecule has 1 atom stereocenters. The Morgan fingerprint density at radius 2 is 1.94 bits per heavy atom. The molecule has 0 saturated heterocycles. The molecule has 6 nitrogen and oxygen atoms in total. The normalized spacial score (nSPS) is 11.7. The first-order valence-corrected chi connectivity index (χ1v) is 10.9. The van der Waals surface area contributed by atoms with Crippen molar-refractivity contribution in [1.29, 1.82) is 5.26 Å². The first-order chi connectivity index (χ1) is 15.0. The third kappa shape index (κ3) is 4.21. The van der Waals surface area contributed by atoms with Crippen molar-refractivity contribution in [3.8, 4) is 23.1 Å². The van der Waals surface area contributed by atoms with Gasteiger partial charge in [-0.05, 0) is 0 Å². The van der Waals surface area contributed by atoms with Crippen molar-refractivity contribution in [2.75, 3.05) is 6.26 Å². The molecule has 0 saturated carbocycles. The van der Waals surface area contributed by atoms with Crippen molar-refractivity contribution in [2.24, 2.45) is 0 Å². The van der Waals surface area contributed by atoms with Gasteiger partial charge in [0.2, 0.25) is 0 Å². The summed E-state index contributed by atoms with van der Waals surface area (Å²) in [5, 5.41) is 9.37. The van der Waals surface area contributed by atoms with Gasteiger partial charge in [-0.25, -0.2) is 0 Å². The van der Waals surface area contributed by atoms with Crippen LogP contribution in [0, 0.1) is 17.1 Å². The Labute approximate surface area is 181 Å². The van der Waals surface area contributed by atoms with E-state index in [1.165, 1.54) is 39.7 Å². The van der Waals surface area contributed by atoms with Crippen molar-refractivity contribution < 1.29 is 8.94 Å². The summed E-state index contributed by atoms with van der Waals surface area (Å²) in [4.78, 5) is 18.2. The summed E-state index contributed by atoms with van der Waals surface area (Å²) >= 11 is -1.29. The number of imidazole rings is 1. The van der Waals surface area contributed by atoms with Gasteiger partial charge in [0.25, 0.3) is 0 Å². The molecule has 0 aliphatic heterocycles. The van der Waals surface area contributed by atoms with Crippen molar-refractivity contribution >= 4 is 18.1 Å². The standard InChI is InChI=1S/C22H16BFN4O2S/c1-31(30)21-23-11-10-19(26-21)20-14-27(13-16-5-3-2-4-15(16)12-25)22(29)28(20)18-8-6-17(24)7-9-18/h2-11,14H,13H2,1H3. The van der Waals surface area contributed by atoms with Crippen LogP contribution >= 0.6 is 0 Å². The summed E-state index contributed by atoms with van der Waals surface area (Å²) in [6.45, 7) is 1.84. The Balaban J connectivity index is 1.90. The number of nitrogens with zero attached hydrogens (tertiary/aromatic N) is 4. The molecule has 2 heterocycles. The van der Waals surface area contributed by atoms with Gasteiger partial charge in [0.05, 0.1) is 0 Å². The zero-order valence-electron chi connectivity index (χ0n) is 16.5. The number of hydrogen-bond acceptors (Lipinski definition) is 4. The monoisotopic (exact) mass is 430 g/mol. The molecule has 152 valence electrons. The van der Waals surface area contributed by atoms with Crippen LogP contribution in [-0.4, -0.2) is 31.8 Å². The van der Waals surface area contributed by atoms with Crippen molar-refractivity contribution in [2.45, 2.75) is 11.5 Å². The second-order valence-corrected chi connectivity index (χ2v) is 8.15. The predicted molar refractivity (Wildman–Crippen MR) is 117 cm³/mol. The summed E-state index contributed by atoms with van der Waals surface area (Å²) in [6.07, 6.45) is 3.17. The van der Waals surface area contributed by atoms with Crippen LogP contribution in [0.1, 0.15) is 11.1 Å². The molecule has 9 heteroatoms. The van der Waals surface area contributed by atoms with E-state index < -0.39 is 17.0 Å². The van der Waals surface area contributed by atoms with Gasteiger partial charge in [-0.3, -0.25) is 0 Å². The molecule has 0 bridgehead atoms. The Morgan fingerprint density at radius 3 is 2.65 bits per heavy atom. The minimum atomic E-state index is -1.29. The number of hydrogen-bond donors (Lipinski definition) is 0. The van der Waals surface area contributed by atoms with Crippen LogP contribution in [0.15, 0.2) is 76.5 Å². The fourth-order valence-electron chi connectivity index (χ4n) is 3.29. The van der Waals surface area contributed by atoms with Gasteiger partial charge in [-0.2, -0.15) is 0 Å². The van der Waals surface area contributed by atoms with E-state index in [1.54, 1.807) is 49.4 Å². The van der Waals surface area contributed by atoms with Crippen molar-refractivity contribution in [1.82, 2.24) is 14.1 Å². The quantitative estimate of drug-likeness (QED) is 0.456. The van der Waals surface area contributed by atoms with Gasteiger partial charge < -0.3 is 0 Å². The molecule has 4 aromatic rings. The molecule has 0 aliphatic rings. The van der Waals surface area contributed by atoms with Gasteiger partial charge in [0, 0.05) is 0 Å². The van der Waals surface area contributed by atoms with E-state index in [1.807, 2.05) is 0 Å². The number of aromatic nitrogens is 3. The maximum atomic E-state index is 13.5. The summed E-state index contributed by atoms with van der Waals surface area (Å²) < 4.78 is 28.3. The number of benzene rings is 2. The Bertz CT molecular complexity index is 1340. The summed E-state index contributed by atoms with van der Waals surface area (Å²) in [6, 6.07) is 16.5. The zero-order valence-corrected chi connectivity index (χ0v) is 17.3. The van der Waals surface area contributed by atoms with Gasteiger partial charge in [-0.15, -0.1) is 0 Å². The molecule has 0 spiro atoms. The van der Waals surface area contributed by atoms with E-state index in [9.17, 15) is 19.0 Å². The van der Waals surface area contributed by atoms with Crippen LogP contribution in [0.2, 0.25) is 0 Å². The molecule has 0 aliphatic carbocycles. The Kier molecular flexibility index (Phi) is 5.84. The SMILES string of the molecule is C[S+]([O-])c1bccc(-c2cn(Cc3ccccc3C#N)c(=O)n2-c2ccc(F)cc2)n1. The van der Waals surface area contributed by atoms with Crippen molar-refractivity contribution in [3.05, 3.63) is 94.2 Å². The number of rotatable bonds is 5. The van der Waals surface area contributed by atoms with E-state index in [0.717, 1.165) is 0 Å². The summed E-state index contributed by atoms with van der Waals surface area (Å²) in [7, 11) is 0. The van der Waals surface area contributed by atoms with E-state index in [2.05, 4.69) is 11.1 Å². The van der Waals surface area contributed by atoms with Gasteiger partial charge >= 0.3 is 181 Å². The average molecular weight is 430 g/mol. The van der Waals surface area contributed by atoms with E-state index in [0.29, 0.717) is 33.1 Å². The maximum absolute atomic E-state index is 13.5. The van der Waals surface area contributed by atoms with E-state index in [-0.39, 0.29) is 12.2 Å². The molecule has 0 radical (unpaired) electrons. The third-order valence-corrected chi connectivity index (χ3v) is 5.62. The summed E-state index contributed by atoms with van der Waals surface area (Å²) in [5.74, 6) is 1.31. The topological polar surface area (TPSA) is 86.7 Å². The molecule has 2 aromatic heterocycles. The predicted octanol–water partition coefficient (Wildman–Crippen LogP) is 2.84. The molecule has 0 amide bonds. The minimum absolute atomic E-state index is 0.184. The summed E-state index contributed by atoms with van der Waals surface area (Å²) in [5.41, 5.74) is 2.22. The fourth-order valence-corrected chi connectivity index (χ4v) is 3.79. The van der Waals surface area contributed by atoms with Gasteiger partial charge in [0.15, 0.2) is 0 Å². The van der Waals surface area contributed by atoms with Crippen LogP contribution in [0.25, 0.3) is 17.1 Å². The van der Waals surface area contributed by atoms with Crippen LogP contribution in [0.3, 0.4) is 0 Å². The third-order valence-electron chi connectivity index (χ3n) is 4.80. The molecule has 31 heavy (non-hydrogen) atoms. The average Bonchev–Trinajstić information content (AvgIpc) is 3.11. The fraction of sp³-hybridized carbons (Fsp3) is 0.0909. The van der Waals surface area contributed by atoms with Crippen LogP contribution in [-0.2, 0) is 17.7 Å². The van der Waals surface area contributed by atoms with Crippen LogP contribution in [0.4, 0.5) is 4.39 Å². The van der Waals surface area contributed by atoms with Crippen LogP contribution in [0.5, 0.6) is 0 Å². The second-order valence-electron chi connectivity index (χ2n) is 6.82. The molecule has 4 rings (SSSR count). The molecule has 0 fully saturated rings. The molecule has 1 unspecified atom stereocenters. The first kappa shape index (κ1) is 20.8. The molecular formula is C22H16BFN4O2S. The zero-order chi connectivity index (χ0) is 22.0. The van der Waals surface area contributed by atoms with Gasteiger partial charge in [0.1, 0.15) is 0 Å². The second kappa shape index (κ2) is 8.72. The molecule has 2 aromatic carbocycles.